The third-order valence-corrected chi connectivity index (χ3v) is 4.29. The Balaban J connectivity index is -0.0000000725. The smallest absolute Gasteiger partial charge is 0.0443 e. The Morgan fingerprint density at radius 1 is 0.407 bits per heavy atom. The first-order valence-electron chi connectivity index (χ1n) is 13.2. The lowest BCUT2D eigenvalue weighted by atomic mass is 10.0. The van der Waals surface area contributed by atoms with Crippen molar-refractivity contribution >= 4 is 0 Å². The van der Waals surface area contributed by atoms with E-state index in [4.69, 9.17) is 0 Å². The number of hydrogen-bond acceptors (Lipinski definition) is 0. The molecule has 0 spiro atoms. The molecule has 0 heterocycles. The van der Waals surface area contributed by atoms with Crippen LogP contribution in [0.5, 0.6) is 0 Å². The van der Waals surface area contributed by atoms with E-state index in [2.05, 4.69) is 27.7 Å². The van der Waals surface area contributed by atoms with Gasteiger partial charge < -0.3 is 0 Å². The summed E-state index contributed by atoms with van der Waals surface area (Å²) >= 11 is 0. The molecule has 0 saturated heterocycles. The molecule has 0 aliphatic heterocycles. The van der Waals surface area contributed by atoms with Crippen LogP contribution in [0.3, 0.4) is 0 Å². The van der Waals surface area contributed by atoms with Gasteiger partial charge in [0.25, 0.3) is 0 Å². The zero-order valence-electron chi connectivity index (χ0n) is 22.3. The Hall–Kier alpha value is 0. The summed E-state index contributed by atoms with van der Waals surface area (Å²) in [4.78, 5) is 0. The lowest BCUT2D eigenvalue weighted by Crippen LogP contribution is -1.85. The molecule has 3 aliphatic rings. The van der Waals surface area contributed by atoms with Gasteiger partial charge >= 0.3 is 0 Å². The third-order valence-electron chi connectivity index (χ3n) is 4.29. The van der Waals surface area contributed by atoms with Gasteiger partial charge in [-0.2, -0.15) is 0 Å². The molecule has 0 aromatic heterocycles. The molecule has 0 N–H and O–H groups in total. The fraction of sp³-hybridized carbons (Fsp3) is 1.00. The largest absolute Gasteiger partial charge is 0.0683 e. The Morgan fingerprint density at radius 2 is 0.556 bits per heavy atom. The van der Waals surface area contributed by atoms with E-state index in [0.717, 1.165) is 11.8 Å². The number of rotatable bonds is 0. The van der Waals surface area contributed by atoms with Gasteiger partial charge in [-0.3, -0.25) is 0 Å². The maximum Gasteiger partial charge on any atom is -0.0443 e. The van der Waals surface area contributed by atoms with Crippen molar-refractivity contribution in [3.8, 4) is 0 Å². The molecule has 0 aromatic rings. The van der Waals surface area contributed by atoms with Crippen LogP contribution >= 0.6 is 0 Å². The van der Waals surface area contributed by atoms with Crippen molar-refractivity contribution < 1.29 is 0 Å². The molecule has 3 saturated carbocycles. The average molecular weight is 389 g/mol. The molecule has 0 bridgehead atoms. The second-order valence-corrected chi connectivity index (χ2v) is 6.90. The maximum atomic E-state index is 2.34. The first kappa shape index (κ1) is 37.7. The van der Waals surface area contributed by atoms with Gasteiger partial charge in [-0.1, -0.05) is 167 Å². The average Bonchev–Trinajstić information content (AvgIpc) is 3.35. The van der Waals surface area contributed by atoms with Crippen LogP contribution in [0.25, 0.3) is 0 Å². The van der Waals surface area contributed by atoms with Gasteiger partial charge in [0.05, 0.1) is 0 Å². The third kappa shape index (κ3) is 46.2. The van der Waals surface area contributed by atoms with E-state index < -0.39 is 0 Å². The van der Waals surface area contributed by atoms with Crippen LogP contribution in [-0.2, 0) is 0 Å². The van der Waals surface area contributed by atoms with Crippen molar-refractivity contribution in [2.24, 2.45) is 11.8 Å². The second-order valence-electron chi connectivity index (χ2n) is 6.90. The molecule has 0 nitrogen and oxygen atoms in total. The first-order chi connectivity index (χ1) is 13.2. The van der Waals surface area contributed by atoms with Crippen LogP contribution < -0.4 is 0 Å². The van der Waals surface area contributed by atoms with Crippen LogP contribution in [0.4, 0.5) is 0 Å². The van der Waals surface area contributed by atoms with Crippen molar-refractivity contribution in [2.75, 3.05) is 0 Å². The SMILES string of the molecule is C1CCC1.CC.CC.CC.CC.CC1CCCC1.CC1CCCC1.CCC. The molecule has 0 aromatic carbocycles. The maximum absolute atomic E-state index is 2.34. The summed E-state index contributed by atoms with van der Waals surface area (Å²) in [7, 11) is 0. The van der Waals surface area contributed by atoms with Gasteiger partial charge in [0, 0.05) is 0 Å². The van der Waals surface area contributed by atoms with Crippen molar-refractivity contribution in [2.45, 2.75) is 167 Å². The fourth-order valence-corrected chi connectivity index (χ4v) is 2.51. The first-order valence-corrected chi connectivity index (χ1v) is 13.2. The molecule has 0 radical (unpaired) electrons. The van der Waals surface area contributed by atoms with Crippen molar-refractivity contribution in [1.29, 1.82) is 0 Å². The minimum Gasteiger partial charge on any atom is -0.0683 e. The van der Waals surface area contributed by atoms with Gasteiger partial charge in [0.2, 0.25) is 0 Å². The highest BCUT2D eigenvalue weighted by Crippen LogP contribution is 2.23. The van der Waals surface area contributed by atoms with Crippen LogP contribution in [0.15, 0.2) is 0 Å². The molecule has 0 amide bonds. The van der Waals surface area contributed by atoms with Crippen molar-refractivity contribution in [1.82, 2.24) is 0 Å². The molecule has 0 heteroatoms. The van der Waals surface area contributed by atoms with E-state index in [1.54, 1.807) is 0 Å². The Morgan fingerprint density at radius 3 is 0.593 bits per heavy atom. The highest BCUT2D eigenvalue weighted by Gasteiger charge is 2.07. The summed E-state index contributed by atoms with van der Waals surface area (Å²) in [6, 6.07) is 0. The normalized spacial score (nSPS) is 16.4. The quantitative estimate of drug-likeness (QED) is 0.387. The predicted molar refractivity (Wildman–Crippen MR) is 135 cm³/mol. The standard InChI is InChI=1S/2C6H12.C4H8.C3H8.4C2H6/c2*1-6-4-2-3-5-6;1-2-4-3-1;1-3-2;4*1-2/h2*6H,2-5H2,1H3;1-4H2;3H2,1-2H3;4*1-2H3. The molecular formula is C27H64. The molecule has 0 atom stereocenters. The topological polar surface area (TPSA) is 0 Å². The summed E-state index contributed by atoms with van der Waals surface area (Å²) in [5, 5.41) is 0. The summed E-state index contributed by atoms with van der Waals surface area (Å²) in [5.41, 5.74) is 0. The molecule has 27 heavy (non-hydrogen) atoms. The summed E-state index contributed by atoms with van der Waals surface area (Å²) in [6.07, 6.45) is 19.1. The zero-order valence-corrected chi connectivity index (χ0v) is 22.3. The van der Waals surface area contributed by atoms with Gasteiger partial charge in [0.15, 0.2) is 0 Å². The van der Waals surface area contributed by atoms with E-state index in [9.17, 15) is 0 Å². The monoisotopic (exact) mass is 389 g/mol. The van der Waals surface area contributed by atoms with Crippen LogP contribution in [-0.4, -0.2) is 0 Å². The Labute approximate surface area is 178 Å². The highest BCUT2D eigenvalue weighted by atomic mass is 14.1. The predicted octanol–water partition coefficient (Wildman–Crippen LogP) is 11.5. The van der Waals surface area contributed by atoms with Gasteiger partial charge in [-0.15, -0.1) is 0 Å². The van der Waals surface area contributed by atoms with Crippen molar-refractivity contribution in [3.05, 3.63) is 0 Å². The molecular weight excluding hydrogens is 324 g/mol. The summed E-state index contributed by atoms with van der Waals surface area (Å²) in [5.74, 6) is 2.09. The molecule has 3 rings (SSSR count). The highest BCUT2D eigenvalue weighted by molar-refractivity contribution is 4.61. The van der Waals surface area contributed by atoms with E-state index in [1.807, 2.05) is 55.4 Å². The lowest BCUT2D eigenvalue weighted by molar-refractivity contribution is 0.504. The van der Waals surface area contributed by atoms with E-state index >= 15 is 0 Å². The summed E-state index contributed by atoms with van der Waals surface area (Å²) in [6.45, 7) is 24.9. The molecule has 3 fully saturated rings. The number of hydrogen-bond donors (Lipinski definition) is 0. The zero-order chi connectivity index (χ0) is 22.3. The Bertz CT molecular complexity index is 127. The Kier molecular flexibility index (Phi) is 62.9. The van der Waals surface area contributed by atoms with E-state index in [-0.39, 0.29) is 0 Å². The van der Waals surface area contributed by atoms with Crippen LogP contribution in [0, 0.1) is 11.8 Å². The fourth-order valence-electron chi connectivity index (χ4n) is 2.51. The molecule has 3 aliphatic carbocycles. The van der Waals surface area contributed by atoms with Gasteiger partial charge in [0.1, 0.15) is 0 Å². The molecule has 172 valence electrons. The van der Waals surface area contributed by atoms with Crippen LogP contribution in [0.2, 0.25) is 0 Å². The second kappa shape index (κ2) is 45.0. The van der Waals surface area contributed by atoms with Gasteiger partial charge in [-0.05, 0) is 11.8 Å². The van der Waals surface area contributed by atoms with E-state index in [1.165, 1.54) is 83.5 Å². The molecule has 0 unspecified atom stereocenters. The summed E-state index contributed by atoms with van der Waals surface area (Å²) < 4.78 is 0. The lowest BCUT2D eigenvalue weighted by Gasteiger charge is -2.05. The minimum absolute atomic E-state index is 1.05. The van der Waals surface area contributed by atoms with Crippen molar-refractivity contribution in [3.63, 3.8) is 0 Å². The van der Waals surface area contributed by atoms with E-state index in [0.29, 0.717) is 0 Å². The minimum atomic E-state index is 1.05. The van der Waals surface area contributed by atoms with Crippen LogP contribution in [0.1, 0.15) is 167 Å². The van der Waals surface area contributed by atoms with Gasteiger partial charge in [-0.25, -0.2) is 0 Å².